The first-order valence-corrected chi connectivity index (χ1v) is 7.77. The van der Waals surface area contributed by atoms with Crippen LogP contribution in [0.2, 0.25) is 0 Å². The highest BCUT2D eigenvalue weighted by Crippen LogP contribution is 2.29. The Morgan fingerprint density at radius 2 is 2.16 bits per heavy atom. The van der Waals surface area contributed by atoms with Gasteiger partial charge in [0.05, 0.1) is 6.61 Å². The Kier molecular flexibility index (Phi) is 5.64. The maximum Gasteiger partial charge on any atom is 0.222 e. The lowest BCUT2D eigenvalue weighted by atomic mass is 10.1. The quantitative estimate of drug-likeness (QED) is 0.682. The summed E-state index contributed by atoms with van der Waals surface area (Å²) in [6, 6.07) is 1.04. The number of ether oxygens (including phenoxy) is 1. The monoisotopic (exact) mass is 268 g/mol. The van der Waals surface area contributed by atoms with E-state index >= 15 is 0 Å². The molecule has 1 N–H and O–H groups in total. The largest absolute Gasteiger partial charge is 0.381 e. The first-order valence-electron chi connectivity index (χ1n) is 7.77. The van der Waals surface area contributed by atoms with Crippen LogP contribution in [0.3, 0.4) is 0 Å². The lowest BCUT2D eigenvalue weighted by molar-refractivity contribution is -0.132. The molecule has 0 bridgehead atoms. The summed E-state index contributed by atoms with van der Waals surface area (Å²) < 4.78 is 5.41. The van der Waals surface area contributed by atoms with Crippen LogP contribution >= 0.6 is 0 Å². The van der Waals surface area contributed by atoms with E-state index in [9.17, 15) is 4.79 Å². The Labute approximate surface area is 116 Å². The molecule has 2 aliphatic rings. The second kappa shape index (κ2) is 7.25. The van der Waals surface area contributed by atoms with Crippen LogP contribution < -0.4 is 5.32 Å². The van der Waals surface area contributed by atoms with Gasteiger partial charge in [0, 0.05) is 37.6 Å². The molecule has 1 aliphatic carbocycles. The van der Waals surface area contributed by atoms with Gasteiger partial charge in [0.2, 0.25) is 5.91 Å². The Hall–Kier alpha value is -0.610. The summed E-state index contributed by atoms with van der Waals surface area (Å²) >= 11 is 0. The van der Waals surface area contributed by atoms with Crippen LogP contribution in [0.25, 0.3) is 0 Å². The van der Waals surface area contributed by atoms with Crippen molar-refractivity contribution in [3.8, 4) is 0 Å². The van der Waals surface area contributed by atoms with E-state index in [1.54, 1.807) is 0 Å². The summed E-state index contributed by atoms with van der Waals surface area (Å²) in [7, 11) is 0. The summed E-state index contributed by atoms with van der Waals surface area (Å²) in [5.74, 6) is 0.915. The summed E-state index contributed by atoms with van der Waals surface area (Å²) in [6.07, 6.45) is 5.14. The minimum absolute atomic E-state index is 0.347. The van der Waals surface area contributed by atoms with Gasteiger partial charge in [0.15, 0.2) is 0 Å². The molecule has 1 aliphatic heterocycles. The molecule has 1 saturated heterocycles. The van der Waals surface area contributed by atoms with Crippen molar-refractivity contribution in [3.63, 3.8) is 0 Å². The van der Waals surface area contributed by atoms with E-state index in [1.165, 1.54) is 12.8 Å². The van der Waals surface area contributed by atoms with Gasteiger partial charge in [-0.3, -0.25) is 4.79 Å². The third-order valence-corrected chi connectivity index (χ3v) is 3.91. The summed E-state index contributed by atoms with van der Waals surface area (Å²) in [4.78, 5) is 14.4. The topological polar surface area (TPSA) is 41.6 Å². The Morgan fingerprint density at radius 1 is 1.37 bits per heavy atom. The third-order valence-electron chi connectivity index (χ3n) is 3.91. The standard InChI is InChI=1S/C15H28N2O2/c1-12(2)16-8-3-4-15(18)17(14-5-6-14)10-13-7-9-19-11-13/h12-14,16H,3-11H2,1-2H3. The Morgan fingerprint density at radius 3 is 2.74 bits per heavy atom. The van der Waals surface area contributed by atoms with E-state index in [0.29, 0.717) is 30.3 Å². The normalized spacial score (nSPS) is 23.0. The molecule has 110 valence electrons. The molecule has 19 heavy (non-hydrogen) atoms. The molecule has 0 aromatic carbocycles. The molecule has 0 aromatic rings. The molecule has 0 aromatic heterocycles. The highest BCUT2D eigenvalue weighted by Gasteiger charge is 2.34. The minimum Gasteiger partial charge on any atom is -0.381 e. The van der Waals surface area contributed by atoms with Crippen LogP contribution in [0.4, 0.5) is 0 Å². The van der Waals surface area contributed by atoms with Gasteiger partial charge in [-0.15, -0.1) is 0 Å². The second-order valence-electron chi connectivity index (χ2n) is 6.22. The van der Waals surface area contributed by atoms with Crippen molar-refractivity contribution in [1.29, 1.82) is 0 Å². The molecule has 2 fully saturated rings. The molecule has 1 atom stereocenters. The number of nitrogens with zero attached hydrogens (tertiary/aromatic N) is 1. The smallest absolute Gasteiger partial charge is 0.222 e. The fourth-order valence-corrected chi connectivity index (χ4v) is 2.62. The molecule has 1 amide bonds. The Balaban J connectivity index is 1.70. The van der Waals surface area contributed by atoms with Crippen molar-refractivity contribution in [3.05, 3.63) is 0 Å². The van der Waals surface area contributed by atoms with Crippen molar-refractivity contribution in [2.75, 3.05) is 26.3 Å². The lowest BCUT2D eigenvalue weighted by Crippen LogP contribution is -2.37. The number of nitrogens with one attached hydrogen (secondary N) is 1. The van der Waals surface area contributed by atoms with Gasteiger partial charge in [0.25, 0.3) is 0 Å². The number of hydrogen-bond donors (Lipinski definition) is 1. The van der Waals surface area contributed by atoms with E-state index in [4.69, 9.17) is 4.74 Å². The average molecular weight is 268 g/mol. The zero-order valence-corrected chi connectivity index (χ0v) is 12.4. The molecule has 0 radical (unpaired) electrons. The predicted octanol–water partition coefficient (Wildman–Crippen LogP) is 1.79. The van der Waals surface area contributed by atoms with E-state index < -0.39 is 0 Å². The molecule has 2 rings (SSSR count). The Bertz CT molecular complexity index is 284. The third kappa shape index (κ3) is 5.11. The molecular weight excluding hydrogens is 240 g/mol. The van der Waals surface area contributed by atoms with Crippen molar-refractivity contribution >= 4 is 5.91 Å². The second-order valence-corrected chi connectivity index (χ2v) is 6.22. The van der Waals surface area contributed by atoms with Gasteiger partial charge in [-0.05, 0) is 32.2 Å². The van der Waals surface area contributed by atoms with Crippen molar-refractivity contribution in [2.24, 2.45) is 5.92 Å². The molecule has 0 spiro atoms. The fraction of sp³-hybridized carbons (Fsp3) is 0.933. The van der Waals surface area contributed by atoms with Crippen LogP contribution in [0.5, 0.6) is 0 Å². The average Bonchev–Trinajstić information content (AvgIpc) is 3.08. The van der Waals surface area contributed by atoms with Crippen LogP contribution in [0, 0.1) is 5.92 Å². The molecular formula is C15H28N2O2. The van der Waals surface area contributed by atoms with Gasteiger partial charge in [0.1, 0.15) is 0 Å². The fourth-order valence-electron chi connectivity index (χ4n) is 2.62. The minimum atomic E-state index is 0.347. The molecule has 1 heterocycles. The van der Waals surface area contributed by atoms with E-state index in [-0.39, 0.29) is 0 Å². The zero-order valence-electron chi connectivity index (χ0n) is 12.4. The SMILES string of the molecule is CC(C)NCCCC(=O)N(CC1CCOC1)C1CC1. The predicted molar refractivity (Wildman–Crippen MR) is 76.0 cm³/mol. The number of rotatable bonds is 8. The van der Waals surface area contributed by atoms with E-state index in [0.717, 1.165) is 39.1 Å². The van der Waals surface area contributed by atoms with Crippen molar-refractivity contribution in [1.82, 2.24) is 10.2 Å². The van der Waals surface area contributed by atoms with Crippen LogP contribution in [0.1, 0.15) is 46.0 Å². The van der Waals surface area contributed by atoms with E-state index in [1.807, 2.05) is 0 Å². The van der Waals surface area contributed by atoms with Gasteiger partial charge < -0.3 is 15.0 Å². The number of amides is 1. The summed E-state index contributed by atoms with van der Waals surface area (Å²) in [6.45, 7) is 7.84. The summed E-state index contributed by atoms with van der Waals surface area (Å²) in [5.41, 5.74) is 0. The zero-order chi connectivity index (χ0) is 13.7. The number of hydrogen-bond acceptors (Lipinski definition) is 3. The highest BCUT2D eigenvalue weighted by atomic mass is 16.5. The van der Waals surface area contributed by atoms with Crippen molar-refractivity contribution in [2.45, 2.75) is 58.0 Å². The first kappa shape index (κ1) is 14.8. The highest BCUT2D eigenvalue weighted by molar-refractivity contribution is 5.76. The van der Waals surface area contributed by atoms with Crippen LogP contribution in [0.15, 0.2) is 0 Å². The van der Waals surface area contributed by atoms with Gasteiger partial charge >= 0.3 is 0 Å². The van der Waals surface area contributed by atoms with E-state index in [2.05, 4.69) is 24.1 Å². The van der Waals surface area contributed by atoms with Crippen molar-refractivity contribution < 1.29 is 9.53 Å². The molecule has 4 nitrogen and oxygen atoms in total. The maximum absolute atomic E-state index is 12.3. The lowest BCUT2D eigenvalue weighted by Gasteiger charge is -2.25. The number of carbonyl (C=O) groups excluding carboxylic acids is 1. The van der Waals surface area contributed by atoms with Gasteiger partial charge in [-0.25, -0.2) is 0 Å². The summed E-state index contributed by atoms with van der Waals surface area (Å²) in [5, 5.41) is 3.37. The maximum atomic E-state index is 12.3. The van der Waals surface area contributed by atoms with Crippen LogP contribution in [-0.2, 0) is 9.53 Å². The molecule has 1 saturated carbocycles. The first-order chi connectivity index (χ1) is 9.16. The van der Waals surface area contributed by atoms with Gasteiger partial charge in [-0.2, -0.15) is 0 Å². The molecule has 4 heteroatoms. The van der Waals surface area contributed by atoms with Crippen LogP contribution in [-0.4, -0.2) is 49.2 Å². The van der Waals surface area contributed by atoms with Gasteiger partial charge in [-0.1, -0.05) is 13.8 Å². The molecule has 1 unspecified atom stereocenters. The number of carbonyl (C=O) groups is 1.